The summed E-state index contributed by atoms with van der Waals surface area (Å²) >= 11 is 0. The number of pyridine rings is 1. The third-order valence-electron chi connectivity index (χ3n) is 5.09. The number of esters is 1. The van der Waals surface area contributed by atoms with Crippen LogP contribution in [-0.4, -0.2) is 50.9 Å². The topological polar surface area (TPSA) is 141 Å². The van der Waals surface area contributed by atoms with Crippen molar-refractivity contribution in [3.63, 3.8) is 0 Å². The predicted octanol–water partition coefficient (Wildman–Crippen LogP) is 2.75. The van der Waals surface area contributed by atoms with Gasteiger partial charge in [-0.25, -0.2) is 22.9 Å². The first kappa shape index (κ1) is 27.3. The molecule has 0 aliphatic carbocycles. The van der Waals surface area contributed by atoms with E-state index in [9.17, 15) is 22.8 Å². The van der Waals surface area contributed by atoms with Gasteiger partial charge < -0.3 is 14.8 Å². The number of sulfonamides is 1. The molecule has 2 N–H and O–H groups in total. The Morgan fingerprint density at radius 3 is 2.11 bits per heavy atom. The maximum atomic E-state index is 12.6. The van der Waals surface area contributed by atoms with E-state index in [-0.39, 0.29) is 33.7 Å². The number of nitrogens with zero attached hydrogens (tertiary/aromatic N) is 1. The van der Waals surface area contributed by atoms with Gasteiger partial charge in [0, 0.05) is 18.3 Å². The van der Waals surface area contributed by atoms with Gasteiger partial charge in [-0.3, -0.25) is 9.59 Å². The number of hydrogen-bond donors (Lipinski definition) is 2. The van der Waals surface area contributed by atoms with Crippen molar-refractivity contribution in [1.29, 1.82) is 0 Å². The molecule has 0 atom stereocenters. The number of methoxy groups -OCH3 is 1. The number of benzene rings is 2. The van der Waals surface area contributed by atoms with Crippen molar-refractivity contribution in [3.8, 4) is 5.75 Å². The van der Waals surface area contributed by atoms with Crippen molar-refractivity contribution in [2.75, 3.05) is 13.7 Å². The maximum absolute atomic E-state index is 12.6. The normalized spacial score (nSPS) is 11.0. The van der Waals surface area contributed by atoms with Crippen LogP contribution < -0.4 is 14.8 Å². The summed E-state index contributed by atoms with van der Waals surface area (Å²) in [6, 6.07) is 15.2. The van der Waals surface area contributed by atoms with Gasteiger partial charge in [-0.15, -0.1) is 0 Å². The van der Waals surface area contributed by atoms with Gasteiger partial charge in [-0.2, -0.15) is 0 Å². The van der Waals surface area contributed by atoms with Crippen molar-refractivity contribution in [2.24, 2.45) is 0 Å². The zero-order chi connectivity index (χ0) is 27.0. The highest BCUT2D eigenvalue weighted by molar-refractivity contribution is 7.90. The third-order valence-corrected chi connectivity index (χ3v) is 6.44. The van der Waals surface area contributed by atoms with Gasteiger partial charge in [-0.05, 0) is 74.4 Å². The average molecular weight is 526 g/mol. The maximum Gasteiger partial charge on any atom is 0.357 e. The van der Waals surface area contributed by atoms with Gasteiger partial charge in [0.05, 0.1) is 23.7 Å². The number of carbonyl (C=O) groups excluding carboxylic acids is 3. The Labute approximate surface area is 215 Å². The number of aromatic nitrogens is 1. The fourth-order valence-corrected chi connectivity index (χ4v) is 4.14. The molecule has 2 aromatic carbocycles. The summed E-state index contributed by atoms with van der Waals surface area (Å²) in [6.45, 7) is 3.77. The summed E-state index contributed by atoms with van der Waals surface area (Å²) in [4.78, 5) is 40.3. The second kappa shape index (κ2) is 12.1. The van der Waals surface area contributed by atoms with Crippen LogP contribution in [0.25, 0.3) is 0 Å². The predicted molar refractivity (Wildman–Crippen MR) is 135 cm³/mol. The minimum Gasteiger partial charge on any atom is -0.497 e. The van der Waals surface area contributed by atoms with Crippen molar-refractivity contribution in [3.05, 3.63) is 89.2 Å². The van der Waals surface area contributed by atoms with Crippen LogP contribution in [0.4, 0.5) is 0 Å². The lowest BCUT2D eigenvalue weighted by atomic mass is 10.1. The monoisotopic (exact) mass is 525 g/mol. The Bertz CT molecular complexity index is 1350. The van der Waals surface area contributed by atoms with E-state index in [0.717, 1.165) is 17.5 Å². The van der Waals surface area contributed by atoms with E-state index in [1.54, 1.807) is 21.0 Å². The Morgan fingerprint density at radius 1 is 0.892 bits per heavy atom. The van der Waals surface area contributed by atoms with Crippen LogP contribution in [0.5, 0.6) is 5.75 Å². The number of rotatable bonds is 10. The van der Waals surface area contributed by atoms with Crippen molar-refractivity contribution < 1.29 is 32.3 Å². The quantitative estimate of drug-likeness (QED) is 0.385. The van der Waals surface area contributed by atoms with Gasteiger partial charge in [0.25, 0.3) is 21.8 Å². The summed E-state index contributed by atoms with van der Waals surface area (Å²) in [5, 5.41) is 2.78. The van der Waals surface area contributed by atoms with Crippen LogP contribution in [0.2, 0.25) is 0 Å². The van der Waals surface area contributed by atoms with Crippen LogP contribution in [0.15, 0.2) is 71.8 Å². The zero-order valence-electron chi connectivity index (χ0n) is 20.6. The Kier molecular flexibility index (Phi) is 8.96. The lowest BCUT2D eigenvalue weighted by Crippen LogP contribution is -2.31. The second-order valence-electron chi connectivity index (χ2n) is 8.20. The van der Waals surface area contributed by atoms with Crippen molar-refractivity contribution >= 4 is 27.8 Å². The van der Waals surface area contributed by atoms with Gasteiger partial charge >= 0.3 is 5.97 Å². The molecule has 0 saturated heterocycles. The summed E-state index contributed by atoms with van der Waals surface area (Å²) in [6.07, 6.45) is 1.36. The summed E-state index contributed by atoms with van der Waals surface area (Å²) in [5.74, 6) is -1.18. The molecule has 1 aromatic heterocycles. The van der Waals surface area contributed by atoms with Crippen LogP contribution in [0.1, 0.15) is 50.6 Å². The van der Waals surface area contributed by atoms with E-state index in [1.165, 1.54) is 36.4 Å². The Hall–Kier alpha value is -4.25. The highest BCUT2D eigenvalue weighted by Gasteiger charge is 2.20. The molecule has 3 rings (SSSR count). The van der Waals surface area contributed by atoms with Crippen LogP contribution >= 0.6 is 0 Å². The highest BCUT2D eigenvalue weighted by atomic mass is 32.2. The molecule has 0 aliphatic heterocycles. The van der Waals surface area contributed by atoms with Crippen LogP contribution in [-0.2, 0) is 21.2 Å². The molecular weight excluding hydrogens is 498 g/mol. The van der Waals surface area contributed by atoms with Crippen molar-refractivity contribution in [1.82, 2.24) is 15.0 Å². The van der Waals surface area contributed by atoms with Crippen molar-refractivity contribution in [2.45, 2.75) is 31.3 Å². The van der Waals surface area contributed by atoms with Crippen LogP contribution in [0.3, 0.4) is 0 Å². The third kappa shape index (κ3) is 7.61. The highest BCUT2D eigenvalue weighted by Crippen LogP contribution is 2.13. The van der Waals surface area contributed by atoms with Gasteiger partial charge in [0.2, 0.25) is 0 Å². The van der Waals surface area contributed by atoms with E-state index in [2.05, 4.69) is 10.3 Å². The number of nitrogens with one attached hydrogen (secondary N) is 2. The number of ether oxygens (including phenoxy) is 2. The molecule has 0 bridgehead atoms. The molecule has 3 aromatic rings. The molecule has 0 unspecified atom stereocenters. The molecule has 0 spiro atoms. The largest absolute Gasteiger partial charge is 0.497 e. The minimum atomic E-state index is -4.21. The van der Waals surface area contributed by atoms with Crippen LogP contribution in [0, 0.1) is 0 Å². The van der Waals surface area contributed by atoms with E-state index in [4.69, 9.17) is 9.47 Å². The molecule has 194 valence electrons. The number of carbonyl (C=O) groups is 3. The molecule has 0 radical (unpaired) electrons. The van der Waals surface area contributed by atoms with E-state index in [1.807, 2.05) is 29.0 Å². The number of hydrogen-bond acceptors (Lipinski definition) is 8. The molecule has 10 nitrogen and oxygen atoms in total. The fourth-order valence-electron chi connectivity index (χ4n) is 3.16. The fraction of sp³-hybridized carbons (Fsp3) is 0.231. The first-order valence-corrected chi connectivity index (χ1v) is 12.8. The first-order valence-electron chi connectivity index (χ1n) is 11.3. The molecule has 1 heterocycles. The smallest absolute Gasteiger partial charge is 0.357 e. The molecule has 0 fully saturated rings. The standard InChI is InChI=1S/C26H27N3O7S/c1-17(2)36-26(32)23-13-8-20(16-28-23)25(31)29-37(33,34)22-11-6-19(7-12-22)24(30)27-15-14-18-4-9-21(35-3)10-5-18/h4-13,16-17H,14-15H2,1-3H3,(H,27,30)(H,29,31). The number of amides is 2. The molecule has 37 heavy (non-hydrogen) atoms. The Balaban J connectivity index is 1.56. The molecular formula is C26H27N3O7S. The lowest BCUT2D eigenvalue weighted by Gasteiger charge is -2.09. The molecule has 11 heteroatoms. The second-order valence-corrected chi connectivity index (χ2v) is 9.88. The van der Waals surface area contributed by atoms with E-state index < -0.39 is 21.9 Å². The van der Waals surface area contributed by atoms with Gasteiger partial charge in [0.15, 0.2) is 0 Å². The summed E-state index contributed by atoms with van der Waals surface area (Å²) in [5.41, 5.74) is 1.23. The lowest BCUT2D eigenvalue weighted by molar-refractivity contribution is 0.0370. The average Bonchev–Trinajstić information content (AvgIpc) is 2.88. The summed E-state index contributed by atoms with van der Waals surface area (Å²) < 4.78 is 37.3. The molecule has 0 saturated carbocycles. The SMILES string of the molecule is COc1ccc(CCNC(=O)c2ccc(S(=O)(=O)NC(=O)c3ccc(C(=O)OC(C)C)nc3)cc2)cc1. The first-order chi connectivity index (χ1) is 17.6. The van der Waals surface area contributed by atoms with E-state index >= 15 is 0 Å². The molecule has 0 aliphatic rings. The van der Waals surface area contributed by atoms with Gasteiger partial charge in [-0.1, -0.05) is 12.1 Å². The molecule has 2 amide bonds. The van der Waals surface area contributed by atoms with E-state index in [0.29, 0.717) is 13.0 Å². The van der Waals surface area contributed by atoms with Gasteiger partial charge in [0.1, 0.15) is 11.4 Å². The zero-order valence-corrected chi connectivity index (χ0v) is 21.4. The summed E-state index contributed by atoms with van der Waals surface area (Å²) in [7, 11) is -2.62. The Morgan fingerprint density at radius 2 is 1.54 bits per heavy atom. The minimum absolute atomic E-state index is 0.00836.